The van der Waals surface area contributed by atoms with Gasteiger partial charge in [0.05, 0.1) is 27.8 Å². The average Bonchev–Trinajstić information content (AvgIpc) is 3.53. The van der Waals surface area contributed by atoms with Gasteiger partial charge in [-0.1, -0.05) is 97.1 Å². The highest BCUT2D eigenvalue weighted by Crippen LogP contribution is 2.40. The van der Waals surface area contributed by atoms with Crippen molar-refractivity contribution in [1.29, 1.82) is 0 Å². The van der Waals surface area contributed by atoms with Gasteiger partial charge in [0.1, 0.15) is 11.2 Å². The van der Waals surface area contributed by atoms with Crippen molar-refractivity contribution < 1.29 is 4.42 Å². The summed E-state index contributed by atoms with van der Waals surface area (Å²) in [5.41, 5.74) is 7.70. The fourth-order valence-electron chi connectivity index (χ4n) is 5.50. The first kappa shape index (κ1) is 20.9. The lowest BCUT2D eigenvalue weighted by Gasteiger charge is -2.11. The number of nitrogens with zero attached hydrogens (tertiary/aromatic N) is 3. The topological polar surface area (TPSA) is 43.9 Å². The number of fused-ring (bicyclic) bond motifs is 7. The van der Waals surface area contributed by atoms with E-state index in [0.717, 1.165) is 66.3 Å². The van der Waals surface area contributed by atoms with E-state index in [4.69, 9.17) is 14.4 Å². The number of rotatable bonds is 3. The summed E-state index contributed by atoms with van der Waals surface area (Å²) in [6.45, 7) is 0. The second-order valence-electron chi connectivity index (χ2n) is 9.46. The van der Waals surface area contributed by atoms with Crippen LogP contribution in [-0.2, 0) is 0 Å². The molecule has 0 fully saturated rings. The Morgan fingerprint density at radius 1 is 0.500 bits per heavy atom. The molecule has 4 heteroatoms. The minimum atomic E-state index is 0.631. The van der Waals surface area contributed by atoms with Gasteiger partial charge in [0.25, 0.3) is 0 Å². The van der Waals surface area contributed by atoms with Crippen molar-refractivity contribution in [3.8, 4) is 28.5 Å². The van der Waals surface area contributed by atoms with Crippen LogP contribution >= 0.6 is 0 Å². The highest BCUT2D eigenvalue weighted by atomic mass is 16.3. The number of furan rings is 1. The summed E-state index contributed by atoms with van der Waals surface area (Å²) in [7, 11) is 0. The van der Waals surface area contributed by atoms with E-state index in [2.05, 4.69) is 83.4 Å². The lowest BCUT2D eigenvalue weighted by Crippen LogP contribution is -2.03. The molecule has 0 bridgehead atoms. The van der Waals surface area contributed by atoms with Crippen LogP contribution in [0.3, 0.4) is 0 Å². The van der Waals surface area contributed by atoms with E-state index in [1.165, 1.54) is 0 Å². The molecule has 178 valence electrons. The molecule has 0 aliphatic rings. The highest BCUT2D eigenvalue weighted by Gasteiger charge is 2.20. The Hall–Kier alpha value is -5.22. The maximum atomic E-state index is 6.45. The smallest absolute Gasteiger partial charge is 0.235 e. The van der Waals surface area contributed by atoms with Crippen molar-refractivity contribution in [3.05, 3.63) is 127 Å². The van der Waals surface area contributed by atoms with Gasteiger partial charge in [-0.15, -0.1) is 0 Å². The second-order valence-corrected chi connectivity index (χ2v) is 9.46. The third-order valence-corrected chi connectivity index (χ3v) is 7.23. The van der Waals surface area contributed by atoms with Crippen LogP contribution in [-0.4, -0.2) is 14.5 Å². The molecule has 0 radical (unpaired) electrons. The quantitative estimate of drug-likeness (QED) is 0.250. The van der Waals surface area contributed by atoms with Crippen LogP contribution in [0.5, 0.6) is 0 Å². The van der Waals surface area contributed by atoms with Gasteiger partial charge in [0.15, 0.2) is 0 Å². The molecule has 0 aliphatic heterocycles. The monoisotopic (exact) mass is 487 g/mol. The molecule has 5 aromatic carbocycles. The molecule has 4 nitrogen and oxygen atoms in total. The molecule has 38 heavy (non-hydrogen) atoms. The number of benzene rings is 5. The number of hydrogen-bond donors (Lipinski definition) is 0. The molecule has 0 unspecified atom stereocenters. The molecular weight excluding hydrogens is 466 g/mol. The zero-order valence-electron chi connectivity index (χ0n) is 20.4. The molecule has 0 atom stereocenters. The maximum Gasteiger partial charge on any atom is 0.235 e. The SMILES string of the molecule is c1ccc(-c2cc(-c3ccccc3)nc(-n3c4ccccc4c4c5oc6ccccc6c5ccc43)n2)cc1. The Bertz CT molecular complexity index is 2070. The zero-order chi connectivity index (χ0) is 25.1. The second kappa shape index (κ2) is 8.15. The largest absolute Gasteiger partial charge is 0.455 e. The summed E-state index contributed by atoms with van der Waals surface area (Å²) in [5.74, 6) is 0.631. The van der Waals surface area contributed by atoms with E-state index in [1.54, 1.807) is 0 Å². The molecule has 0 aliphatic carbocycles. The third kappa shape index (κ3) is 3.10. The molecule has 0 amide bonds. The molecule has 0 spiro atoms. The van der Waals surface area contributed by atoms with E-state index in [1.807, 2.05) is 48.5 Å². The number of para-hydroxylation sites is 2. The summed E-state index contributed by atoms with van der Waals surface area (Å²) < 4.78 is 8.62. The first-order chi connectivity index (χ1) is 18.8. The van der Waals surface area contributed by atoms with E-state index >= 15 is 0 Å². The van der Waals surface area contributed by atoms with Gasteiger partial charge in [0.2, 0.25) is 5.95 Å². The molecule has 8 rings (SSSR count). The lowest BCUT2D eigenvalue weighted by atomic mass is 10.1. The Kier molecular flexibility index (Phi) is 4.49. The first-order valence-electron chi connectivity index (χ1n) is 12.7. The zero-order valence-corrected chi connectivity index (χ0v) is 20.4. The number of aromatic nitrogens is 3. The average molecular weight is 488 g/mol. The van der Waals surface area contributed by atoms with Gasteiger partial charge in [-0.05, 0) is 30.3 Å². The Morgan fingerprint density at radius 2 is 1.11 bits per heavy atom. The predicted octanol–water partition coefficient (Wildman–Crippen LogP) is 8.81. The third-order valence-electron chi connectivity index (χ3n) is 7.23. The molecule has 0 saturated carbocycles. The van der Waals surface area contributed by atoms with E-state index in [0.29, 0.717) is 5.95 Å². The van der Waals surface area contributed by atoms with Crippen LogP contribution in [0.15, 0.2) is 132 Å². The van der Waals surface area contributed by atoms with Crippen LogP contribution in [0.1, 0.15) is 0 Å². The van der Waals surface area contributed by atoms with E-state index < -0.39 is 0 Å². The normalized spacial score (nSPS) is 11.7. The lowest BCUT2D eigenvalue weighted by molar-refractivity contribution is 0.673. The van der Waals surface area contributed by atoms with Crippen LogP contribution in [0.25, 0.3) is 72.2 Å². The standard InChI is InChI=1S/C34H21N3O/c1-3-11-22(12-4-1)27-21-28(23-13-5-2-6-14-23)36-34(35-27)37-29-17-9-7-16-26(29)32-30(37)20-19-25-24-15-8-10-18-31(24)38-33(25)32/h1-21H. The highest BCUT2D eigenvalue weighted by molar-refractivity contribution is 6.23. The Labute approximate surface area is 218 Å². The van der Waals surface area contributed by atoms with Crippen molar-refractivity contribution >= 4 is 43.7 Å². The van der Waals surface area contributed by atoms with E-state index in [-0.39, 0.29) is 0 Å². The summed E-state index contributed by atoms with van der Waals surface area (Å²) in [5, 5.41) is 4.42. The maximum absolute atomic E-state index is 6.45. The Balaban J connectivity index is 1.49. The van der Waals surface area contributed by atoms with Crippen LogP contribution in [0, 0.1) is 0 Å². The van der Waals surface area contributed by atoms with Gasteiger partial charge < -0.3 is 4.42 Å². The molecule has 3 aromatic heterocycles. The summed E-state index contributed by atoms with van der Waals surface area (Å²) in [6.07, 6.45) is 0. The van der Waals surface area contributed by atoms with Crippen LogP contribution in [0.2, 0.25) is 0 Å². The fourth-order valence-corrected chi connectivity index (χ4v) is 5.50. The van der Waals surface area contributed by atoms with Crippen molar-refractivity contribution in [2.45, 2.75) is 0 Å². The fraction of sp³-hybridized carbons (Fsp3) is 0. The molecule has 0 N–H and O–H groups in total. The van der Waals surface area contributed by atoms with Crippen molar-refractivity contribution in [1.82, 2.24) is 14.5 Å². The van der Waals surface area contributed by atoms with Gasteiger partial charge in [0, 0.05) is 27.3 Å². The van der Waals surface area contributed by atoms with Crippen molar-refractivity contribution in [2.75, 3.05) is 0 Å². The Morgan fingerprint density at radius 3 is 1.82 bits per heavy atom. The minimum absolute atomic E-state index is 0.631. The van der Waals surface area contributed by atoms with Gasteiger partial charge in [-0.2, -0.15) is 0 Å². The molecule has 0 saturated heterocycles. The summed E-state index contributed by atoms with van der Waals surface area (Å²) in [4.78, 5) is 10.2. The summed E-state index contributed by atoms with van der Waals surface area (Å²) in [6, 6.07) is 43.6. The van der Waals surface area contributed by atoms with Gasteiger partial charge >= 0.3 is 0 Å². The van der Waals surface area contributed by atoms with Gasteiger partial charge in [-0.25, -0.2) is 9.97 Å². The van der Waals surface area contributed by atoms with Crippen LogP contribution < -0.4 is 0 Å². The molecule has 8 aromatic rings. The van der Waals surface area contributed by atoms with Crippen molar-refractivity contribution in [3.63, 3.8) is 0 Å². The van der Waals surface area contributed by atoms with Gasteiger partial charge in [-0.3, -0.25) is 4.57 Å². The first-order valence-corrected chi connectivity index (χ1v) is 12.7. The van der Waals surface area contributed by atoms with Crippen LogP contribution in [0.4, 0.5) is 0 Å². The molecule has 3 heterocycles. The van der Waals surface area contributed by atoms with Crippen molar-refractivity contribution in [2.24, 2.45) is 0 Å². The van der Waals surface area contributed by atoms with E-state index in [9.17, 15) is 0 Å². The predicted molar refractivity (Wildman–Crippen MR) is 155 cm³/mol. The number of hydrogen-bond acceptors (Lipinski definition) is 3. The molecular formula is C34H21N3O. The summed E-state index contributed by atoms with van der Waals surface area (Å²) >= 11 is 0. The minimum Gasteiger partial charge on any atom is -0.455 e.